The van der Waals surface area contributed by atoms with Gasteiger partial charge in [0, 0.05) is 5.56 Å². The molecular weight excluding hydrogens is 327 g/mol. The number of carbonyl (C=O) groups excluding carboxylic acids is 1. The number of aliphatic hydroxyl groups excluding tert-OH is 1. The normalized spacial score (nSPS) is 11.0. The lowest BCUT2D eigenvalue weighted by Gasteiger charge is -2.08. The molecule has 0 amide bonds. The van der Waals surface area contributed by atoms with E-state index in [2.05, 4.69) is 6.58 Å². The summed E-state index contributed by atoms with van der Waals surface area (Å²) in [6.45, 7) is 3.40. The van der Waals surface area contributed by atoms with Crippen LogP contribution in [0.25, 0.3) is 0 Å². The second-order valence-corrected chi connectivity index (χ2v) is 4.97. The molecule has 6 heteroatoms. The van der Waals surface area contributed by atoms with Gasteiger partial charge in [0.25, 0.3) is 0 Å². The second-order valence-electron chi connectivity index (χ2n) is 4.15. The van der Waals surface area contributed by atoms with Gasteiger partial charge in [0.15, 0.2) is 6.29 Å². The number of rotatable bonds is 3. The molecule has 0 heterocycles. The number of phenols is 2. The van der Waals surface area contributed by atoms with Crippen molar-refractivity contribution in [2.45, 2.75) is 6.10 Å². The maximum Gasteiger partial charge on any atom is 0.153 e. The van der Waals surface area contributed by atoms with E-state index in [1.54, 1.807) is 24.3 Å². The molecule has 116 valence electrons. The Labute approximate surface area is 137 Å². The number of aliphatic hydroxyl groups is 1. The fourth-order valence-corrected chi connectivity index (χ4v) is 1.89. The number of hydrogen-bond acceptors (Lipinski definition) is 4. The summed E-state index contributed by atoms with van der Waals surface area (Å²) in [5, 5.41) is 28.1. The Kier molecular flexibility index (Phi) is 6.92. The summed E-state index contributed by atoms with van der Waals surface area (Å²) in [7, 11) is 0. The van der Waals surface area contributed by atoms with Gasteiger partial charge in [-0.25, -0.2) is 0 Å². The molecule has 0 aliphatic rings. The maximum absolute atomic E-state index is 10.2. The number of halogens is 2. The highest BCUT2D eigenvalue weighted by Crippen LogP contribution is 2.31. The largest absolute Gasteiger partial charge is 0.506 e. The van der Waals surface area contributed by atoms with Crippen molar-refractivity contribution in [3.05, 3.63) is 70.2 Å². The second kappa shape index (κ2) is 8.44. The lowest BCUT2D eigenvalue weighted by molar-refractivity contribution is 0.112. The molecule has 1 atom stereocenters. The van der Waals surface area contributed by atoms with Crippen LogP contribution in [0.3, 0.4) is 0 Å². The molecular formula is C16H14Cl2O4. The molecule has 0 aliphatic carbocycles. The first-order chi connectivity index (χ1) is 10.4. The third-order valence-electron chi connectivity index (χ3n) is 2.70. The monoisotopic (exact) mass is 340 g/mol. The highest BCUT2D eigenvalue weighted by Gasteiger charge is 2.10. The Balaban J connectivity index is 0.000000224. The minimum atomic E-state index is -0.872. The van der Waals surface area contributed by atoms with E-state index in [1.165, 1.54) is 18.2 Å². The standard InChI is InChI=1S/C9H9ClO2.C7H5ClO2/c1-2-8(11)6-4-3-5-7(10)9(6)12;8-6-3-1-2-5(4-9)7(6)10/h2-5,8,11-12H,1H2;1-4,10H. The van der Waals surface area contributed by atoms with Crippen molar-refractivity contribution in [1.29, 1.82) is 0 Å². The summed E-state index contributed by atoms with van der Waals surface area (Å²) in [5.74, 6) is -0.245. The van der Waals surface area contributed by atoms with Gasteiger partial charge in [-0.15, -0.1) is 6.58 Å². The van der Waals surface area contributed by atoms with Crippen molar-refractivity contribution in [1.82, 2.24) is 0 Å². The zero-order chi connectivity index (χ0) is 16.7. The van der Waals surface area contributed by atoms with Gasteiger partial charge in [0.2, 0.25) is 0 Å². The van der Waals surface area contributed by atoms with Gasteiger partial charge in [0.05, 0.1) is 15.6 Å². The van der Waals surface area contributed by atoms with Crippen molar-refractivity contribution in [3.63, 3.8) is 0 Å². The number of aldehydes is 1. The van der Waals surface area contributed by atoms with Gasteiger partial charge in [-0.2, -0.15) is 0 Å². The number of carbonyl (C=O) groups is 1. The number of benzene rings is 2. The minimum absolute atomic E-state index is 0.0911. The van der Waals surface area contributed by atoms with Crippen LogP contribution in [-0.2, 0) is 0 Å². The first-order valence-corrected chi connectivity index (χ1v) is 6.88. The van der Waals surface area contributed by atoms with Crippen LogP contribution < -0.4 is 0 Å². The molecule has 2 rings (SSSR count). The van der Waals surface area contributed by atoms with Crippen LogP contribution >= 0.6 is 23.2 Å². The quantitative estimate of drug-likeness (QED) is 0.580. The lowest BCUT2D eigenvalue weighted by atomic mass is 10.1. The summed E-state index contributed by atoms with van der Waals surface area (Å²) >= 11 is 11.1. The highest BCUT2D eigenvalue weighted by atomic mass is 35.5. The predicted octanol–water partition coefficient (Wildman–Crippen LogP) is 4.12. The summed E-state index contributed by atoms with van der Waals surface area (Å²) in [4.78, 5) is 10.2. The van der Waals surface area contributed by atoms with E-state index < -0.39 is 6.10 Å². The third-order valence-corrected chi connectivity index (χ3v) is 3.31. The van der Waals surface area contributed by atoms with E-state index in [0.717, 1.165) is 0 Å². The Hall–Kier alpha value is -2.01. The van der Waals surface area contributed by atoms with Gasteiger partial charge < -0.3 is 15.3 Å². The van der Waals surface area contributed by atoms with Gasteiger partial charge in [-0.1, -0.05) is 47.5 Å². The lowest BCUT2D eigenvalue weighted by Crippen LogP contribution is -1.92. The molecule has 22 heavy (non-hydrogen) atoms. The summed E-state index contributed by atoms with van der Waals surface area (Å²) in [5.41, 5.74) is 0.588. The zero-order valence-corrected chi connectivity index (χ0v) is 12.9. The predicted molar refractivity (Wildman–Crippen MR) is 86.8 cm³/mol. The summed E-state index contributed by atoms with van der Waals surface area (Å²) in [6.07, 6.45) is 1.01. The van der Waals surface area contributed by atoms with Crippen molar-refractivity contribution in [2.24, 2.45) is 0 Å². The maximum atomic E-state index is 10.2. The van der Waals surface area contributed by atoms with Crippen LogP contribution in [0, 0.1) is 0 Å². The average Bonchev–Trinajstić information content (AvgIpc) is 2.52. The van der Waals surface area contributed by atoms with Crippen molar-refractivity contribution < 1.29 is 20.1 Å². The van der Waals surface area contributed by atoms with Crippen LogP contribution in [0.1, 0.15) is 22.0 Å². The zero-order valence-electron chi connectivity index (χ0n) is 11.4. The summed E-state index contributed by atoms with van der Waals surface area (Å²) < 4.78 is 0. The van der Waals surface area contributed by atoms with E-state index in [-0.39, 0.29) is 27.1 Å². The number of hydrogen-bond donors (Lipinski definition) is 3. The van der Waals surface area contributed by atoms with Crippen LogP contribution in [0.2, 0.25) is 10.0 Å². The van der Waals surface area contributed by atoms with E-state index in [4.69, 9.17) is 28.3 Å². The molecule has 0 fully saturated rings. The van der Waals surface area contributed by atoms with E-state index in [0.29, 0.717) is 11.8 Å². The van der Waals surface area contributed by atoms with Crippen molar-refractivity contribution in [3.8, 4) is 11.5 Å². The Morgan fingerprint density at radius 1 is 1.00 bits per heavy atom. The third kappa shape index (κ3) is 4.49. The van der Waals surface area contributed by atoms with Gasteiger partial charge in [0.1, 0.15) is 17.6 Å². The van der Waals surface area contributed by atoms with Gasteiger partial charge >= 0.3 is 0 Å². The van der Waals surface area contributed by atoms with Crippen molar-refractivity contribution in [2.75, 3.05) is 0 Å². The topological polar surface area (TPSA) is 77.8 Å². The molecule has 0 aliphatic heterocycles. The molecule has 2 aromatic carbocycles. The molecule has 4 nitrogen and oxygen atoms in total. The van der Waals surface area contributed by atoms with Crippen LogP contribution in [0.15, 0.2) is 49.1 Å². The number of phenolic OH excluding ortho intramolecular Hbond substituents is 2. The highest BCUT2D eigenvalue weighted by molar-refractivity contribution is 6.32. The molecule has 1 unspecified atom stereocenters. The van der Waals surface area contributed by atoms with Gasteiger partial charge in [-0.3, -0.25) is 4.79 Å². The molecule has 0 bridgehead atoms. The Morgan fingerprint density at radius 2 is 1.55 bits per heavy atom. The molecule has 0 aromatic heterocycles. The Morgan fingerprint density at radius 3 is 2.05 bits per heavy atom. The first-order valence-electron chi connectivity index (χ1n) is 6.13. The number of aromatic hydroxyl groups is 2. The smallest absolute Gasteiger partial charge is 0.153 e. The van der Waals surface area contributed by atoms with Crippen molar-refractivity contribution >= 4 is 29.5 Å². The molecule has 0 saturated carbocycles. The van der Waals surface area contributed by atoms with E-state index >= 15 is 0 Å². The Bertz CT molecular complexity index is 671. The van der Waals surface area contributed by atoms with E-state index in [1.807, 2.05) is 0 Å². The molecule has 3 N–H and O–H groups in total. The SMILES string of the molecule is C=CC(O)c1cccc(Cl)c1O.O=Cc1cccc(Cl)c1O. The summed E-state index contributed by atoms with van der Waals surface area (Å²) in [6, 6.07) is 9.41. The van der Waals surface area contributed by atoms with Crippen LogP contribution in [-0.4, -0.2) is 21.6 Å². The fourth-order valence-electron chi connectivity index (χ4n) is 1.52. The average molecular weight is 341 g/mol. The molecule has 0 radical (unpaired) electrons. The van der Waals surface area contributed by atoms with Crippen LogP contribution in [0.4, 0.5) is 0 Å². The number of para-hydroxylation sites is 2. The fraction of sp³-hybridized carbons (Fsp3) is 0.0625. The molecule has 2 aromatic rings. The molecule has 0 spiro atoms. The first kappa shape index (κ1) is 18.0. The van der Waals surface area contributed by atoms with Crippen LogP contribution in [0.5, 0.6) is 11.5 Å². The van der Waals surface area contributed by atoms with E-state index in [9.17, 15) is 15.0 Å². The molecule has 0 saturated heterocycles. The minimum Gasteiger partial charge on any atom is -0.506 e. The van der Waals surface area contributed by atoms with Gasteiger partial charge in [-0.05, 0) is 18.2 Å².